The minimum atomic E-state index is -1.38. The van der Waals surface area contributed by atoms with Crippen molar-refractivity contribution in [2.75, 3.05) is 18.5 Å². The van der Waals surface area contributed by atoms with E-state index < -0.39 is 37.3 Å². The van der Waals surface area contributed by atoms with Crippen molar-refractivity contribution < 1.29 is 27.8 Å². The Kier molecular flexibility index (Phi) is 8.35. The summed E-state index contributed by atoms with van der Waals surface area (Å²) in [6.07, 6.45) is 2.88. The molecule has 1 N–H and O–H groups in total. The zero-order valence-electron chi connectivity index (χ0n) is 25.1. The number of pyridine rings is 1. The van der Waals surface area contributed by atoms with E-state index in [2.05, 4.69) is 39.9 Å². The van der Waals surface area contributed by atoms with E-state index in [-0.39, 0.29) is 35.8 Å². The summed E-state index contributed by atoms with van der Waals surface area (Å²) in [6, 6.07) is 0.931. The molecule has 0 spiro atoms. The van der Waals surface area contributed by atoms with Crippen LogP contribution in [0.1, 0.15) is 48.0 Å². The van der Waals surface area contributed by atoms with Crippen LogP contribution in [0.15, 0.2) is 12.4 Å². The zero-order chi connectivity index (χ0) is 31.3. The van der Waals surface area contributed by atoms with Crippen LogP contribution in [0.3, 0.4) is 0 Å². The molecule has 0 fully saturated rings. The Morgan fingerprint density at radius 3 is 2.53 bits per heavy atom. The molecule has 43 heavy (non-hydrogen) atoms. The number of ether oxygens (including phenoxy) is 2. The van der Waals surface area contributed by atoms with Crippen molar-refractivity contribution >= 4 is 43.3 Å². The minimum absolute atomic E-state index is 0.0992. The van der Waals surface area contributed by atoms with Gasteiger partial charge < -0.3 is 19.4 Å². The van der Waals surface area contributed by atoms with Crippen molar-refractivity contribution in [2.45, 2.75) is 78.1 Å². The van der Waals surface area contributed by atoms with Gasteiger partial charge in [-0.25, -0.2) is 28.4 Å². The second-order valence-corrected chi connectivity index (χ2v) is 18.9. The van der Waals surface area contributed by atoms with Gasteiger partial charge in [0.05, 0.1) is 17.5 Å². The molecule has 2 amide bonds. The predicted octanol–water partition coefficient (Wildman–Crippen LogP) is 6.36. The van der Waals surface area contributed by atoms with Crippen molar-refractivity contribution in [3.8, 4) is 11.3 Å². The Morgan fingerprint density at radius 1 is 1.09 bits per heavy atom. The van der Waals surface area contributed by atoms with Crippen LogP contribution in [0.5, 0.6) is 0 Å². The van der Waals surface area contributed by atoms with Crippen molar-refractivity contribution in [1.29, 1.82) is 0 Å². The molecule has 14 heteroatoms. The second-order valence-electron chi connectivity index (χ2n) is 12.9. The van der Waals surface area contributed by atoms with Gasteiger partial charge >= 0.3 is 6.09 Å². The lowest BCUT2D eigenvalue weighted by Gasteiger charge is -2.29. The highest BCUT2D eigenvalue weighted by Gasteiger charge is 2.40. The maximum atomic E-state index is 16.4. The number of carbonyl (C=O) groups is 2. The summed E-state index contributed by atoms with van der Waals surface area (Å²) in [6.45, 7) is 12.7. The molecule has 0 radical (unpaired) electrons. The first-order valence-electron chi connectivity index (χ1n) is 14.1. The first-order chi connectivity index (χ1) is 20.1. The van der Waals surface area contributed by atoms with Gasteiger partial charge in [-0.05, 0) is 62.4 Å². The lowest BCUT2D eigenvalue weighted by atomic mass is 9.88. The summed E-state index contributed by atoms with van der Waals surface area (Å²) >= 11 is 5.83. The number of nitrogens with one attached hydrogen (secondary N) is 1. The largest absolute Gasteiger partial charge is 0.443 e. The number of aryl methyl sites for hydroxylation is 1. The zero-order valence-corrected chi connectivity index (χ0v) is 26.9. The highest BCUT2D eigenvalue weighted by atomic mass is 35.5. The number of carbonyl (C=O) groups excluding carboxylic acids is 2. The predicted molar refractivity (Wildman–Crippen MR) is 160 cm³/mol. The van der Waals surface area contributed by atoms with Crippen LogP contribution in [0.2, 0.25) is 31.0 Å². The number of hydrogen-bond donors (Lipinski definition) is 1. The topological polar surface area (TPSA) is 111 Å². The molecule has 3 aromatic heterocycles. The van der Waals surface area contributed by atoms with Gasteiger partial charge in [-0.15, -0.1) is 0 Å². The Labute approximate surface area is 254 Å². The molecule has 3 aromatic rings. The highest BCUT2D eigenvalue weighted by molar-refractivity contribution is 6.76. The van der Waals surface area contributed by atoms with Gasteiger partial charge in [0, 0.05) is 45.1 Å². The van der Waals surface area contributed by atoms with Gasteiger partial charge in [0.25, 0.3) is 5.91 Å². The molecule has 0 saturated carbocycles. The van der Waals surface area contributed by atoms with Gasteiger partial charge in [0.1, 0.15) is 12.3 Å². The minimum Gasteiger partial charge on any atom is -0.443 e. The standard InChI is InChI=1S/C29H35ClF2N6O4Si/c1-29(2,3)42-28(40)37-10-9-19-21(26(37)39)17-8-7-16-13-33-25(35-24-18(31)14-34-27(30)36-24)22(32)20(16)23(17)38(19)15-41-11-12-43(4,5)6/h13-14H,7-12,15H2,1-6H3,(H,33,34,35,36). The third-order valence-corrected chi connectivity index (χ3v) is 9.15. The van der Waals surface area contributed by atoms with E-state index in [1.807, 2.05) is 4.57 Å². The molecule has 5 rings (SSSR count). The average Bonchev–Trinajstić information content (AvgIpc) is 3.23. The Balaban J connectivity index is 1.60. The van der Waals surface area contributed by atoms with E-state index in [1.165, 1.54) is 6.20 Å². The van der Waals surface area contributed by atoms with E-state index >= 15 is 4.39 Å². The van der Waals surface area contributed by atoms with E-state index in [0.717, 1.165) is 17.1 Å². The maximum Gasteiger partial charge on any atom is 0.417 e. The third-order valence-electron chi connectivity index (χ3n) is 7.26. The number of aromatic nitrogens is 4. The Bertz CT molecular complexity index is 1600. The van der Waals surface area contributed by atoms with Gasteiger partial charge in [0.2, 0.25) is 5.28 Å². The Morgan fingerprint density at radius 2 is 1.84 bits per heavy atom. The lowest BCUT2D eigenvalue weighted by Crippen LogP contribution is -2.45. The molecule has 230 valence electrons. The van der Waals surface area contributed by atoms with Gasteiger partial charge in [-0.1, -0.05) is 19.6 Å². The van der Waals surface area contributed by atoms with Crippen LogP contribution >= 0.6 is 11.6 Å². The number of rotatable bonds is 7. The summed E-state index contributed by atoms with van der Waals surface area (Å²) < 4.78 is 44.2. The van der Waals surface area contributed by atoms with Crippen molar-refractivity contribution in [2.24, 2.45) is 0 Å². The van der Waals surface area contributed by atoms with Crippen LogP contribution in [0.25, 0.3) is 11.3 Å². The van der Waals surface area contributed by atoms with E-state index in [0.29, 0.717) is 53.9 Å². The maximum absolute atomic E-state index is 16.4. The van der Waals surface area contributed by atoms with Crippen LogP contribution < -0.4 is 5.32 Å². The van der Waals surface area contributed by atoms with Crippen molar-refractivity contribution in [3.05, 3.63) is 51.7 Å². The van der Waals surface area contributed by atoms with Crippen LogP contribution in [0.4, 0.5) is 25.2 Å². The van der Waals surface area contributed by atoms with Crippen LogP contribution in [-0.4, -0.2) is 63.2 Å². The van der Waals surface area contributed by atoms with E-state index in [1.54, 1.807) is 20.8 Å². The molecular weight excluding hydrogens is 598 g/mol. The monoisotopic (exact) mass is 632 g/mol. The first kappa shape index (κ1) is 31.0. The SMILES string of the molecule is CC(C)(C)OC(=O)N1CCc2c(c3c(n2COCC[Si](C)(C)C)-c2c(cnc(Nc4nc(Cl)ncc4F)c2F)CC3)C1=O. The number of anilines is 2. The molecule has 0 atom stereocenters. The average molecular weight is 633 g/mol. The summed E-state index contributed by atoms with van der Waals surface area (Å²) in [5.74, 6) is -2.63. The molecule has 0 saturated heterocycles. The molecule has 0 unspecified atom stereocenters. The molecule has 4 heterocycles. The fourth-order valence-electron chi connectivity index (χ4n) is 5.25. The number of amides is 2. The van der Waals surface area contributed by atoms with Crippen LogP contribution in [-0.2, 0) is 35.5 Å². The number of imide groups is 1. The number of halogens is 3. The second kappa shape index (κ2) is 11.6. The van der Waals surface area contributed by atoms with Gasteiger partial charge in [-0.2, -0.15) is 4.98 Å². The molecule has 2 aliphatic rings. The third kappa shape index (κ3) is 6.43. The van der Waals surface area contributed by atoms with Crippen molar-refractivity contribution in [1.82, 2.24) is 24.4 Å². The summed E-state index contributed by atoms with van der Waals surface area (Å²) in [5, 5.41) is 2.38. The molecule has 1 aliphatic heterocycles. The smallest absolute Gasteiger partial charge is 0.417 e. The fourth-order valence-corrected chi connectivity index (χ4v) is 6.14. The van der Waals surface area contributed by atoms with Crippen LogP contribution in [0, 0.1) is 11.6 Å². The number of nitrogens with zero attached hydrogens (tertiary/aromatic N) is 5. The fraction of sp³-hybridized carbons (Fsp3) is 0.483. The number of hydrogen-bond acceptors (Lipinski definition) is 8. The van der Waals surface area contributed by atoms with Crippen molar-refractivity contribution in [3.63, 3.8) is 0 Å². The summed E-state index contributed by atoms with van der Waals surface area (Å²) in [4.78, 5) is 39.5. The van der Waals surface area contributed by atoms with Gasteiger partial charge in [0.15, 0.2) is 23.3 Å². The van der Waals surface area contributed by atoms with Gasteiger partial charge in [-0.3, -0.25) is 4.79 Å². The Hall–Kier alpha value is -3.42. The normalized spacial score (nSPS) is 14.7. The molecular formula is C29H35ClF2N6O4Si. The molecule has 0 bridgehead atoms. The molecule has 0 aromatic carbocycles. The molecule has 1 aliphatic carbocycles. The van der Waals surface area contributed by atoms with E-state index in [9.17, 15) is 14.0 Å². The van der Waals surface area contributed by atoms with E-state index in [4.69, 9.17) is 21.1 Å². The lowest BCUT2D eigenvalue weighted by molar-refractivity contribution is 0.0230. The highest BCUT2D eigenvalue weighted by Crippen LogP contribution is 2.43. The quantitative estimate of drug-likeness (QED) is 0.182. The molecule has 10 nitrogen and oxygen atoms in total. The summed E-state index contributed by atoms with van der Waals surface area (Å²) in [7, 11) is -1.38. The number of fused-ring (bicyclic) bond motifs is 5. The first-order valence-corrected chi connectivity index (χ1v) is 18.2. The summed E-state index contributed by atoms with van der Waals surface area (Å²) in [5.41, 5.74) is 2.25.